The lowest BCUT2D eigenvalue weighted by atomic mass is 9.82. The van der Waals surface area contributed by atoms with E-state index in [1.807, 2.05) is 35.3 Å². The summed E-state index contributed by atoms with van der Waals surface area (Å²) in [4.78, 5) is -0.725. The molecule has 5 atom stereocenters. The van der Waals surface area contributed by atoms with Crippen LogP contribution in [0.15, 0.2) is 40.7 Å². The van der Waals surface area contributed by atoms with Crippen LogP contribution in [0.25, 0.3) is 0 Å². The summed E-state index contributed by atoms with van der Waals surface area (Å²) in [7, 11) is 0. The number of anilines is 1. The molecule has 2 saturated carbocycles. The Bertz CT molecular complexity index is 581. The number of fused-ring (bicyclic) bond motifs is 5. The van der Waals surface area contributed by atoms with E-state index >= 15 is 0 Å². The summed E-state index contributed by atoms with van der Waals surface area (Å²) in [6.07, 6.45) is 1.75. The van der Waals surface area contributed by atoms with Gasteiger partial charge in [-0.15, -0.1) is 11.6 Å². The molecule has 0 radical (unpaired) electrons. The summed E-state index contributed by atoms with van der Waals surface area (Å²) >= 11 is 6.43. The first-order valence-corrected chi connectivity index (χ1v) is 6.96. The second-order valence-corrected chi connectivity index (χ2v) is 6.32. The van der Waals surface area contributed by atoms with Gasteiger partial charge in [-0.2, -0.15) is 10.4 Å². The van der Waals surface area contributed by atoms with Gasteiger partial charge in [0, 0.05) is 5.92 Å². The molecule has 2 bridgehead atoms. The van der Waals surface area contributed by atoms with Gasteiger partial charge in [0.25, 0.3) is 0 Å². The maximum absolute atomic E-state index is 9.28. The first-order chi connectivity index (χ1) is 9.23. The smallest absolute Gasteiger partial charge is 0.136 e. The number of alkyl halides is 1. The van der Waals surface area contributed by atoms with E-state index in [0.29, 0.717) is 5.92 Å². The molecule has 3 aliphatic rings. The Labute approximate surface area is 116 Å². The highest BCUT2D eigenvalue weighted by molar-refractivity contribution is 6.26. The van der Waals surface area contributed by atoms with Crippen molar-refractivity contribution in [2.75, 3.05) is 5.01 Å². The van der Waals surface area contributed by atoms with Gasteiger partial charge < -0.3 is 0 Å². The van der Waals surface area contributed by atoms with Gasteiger partial charge in [0.15, 0.2) is 0 Å². The van der Waals surface area contributed by atoms with Gasteiger partial charge >= 0.3 is 0 Å². The topological polar surface area (TPSA) is 51.8 Å². The van der Waals surface area contributed by atoms with Crippen LogP contribution in [0.1, 0.15) is 12.8 Å². The van der Waals surface area contributed by atoms with Gasteiger partial charge in [0.1, 0.15) is 10.9 Å². The summed E-state index contributed by atoms with van der Waals surface area (Å²) in [5.74, 6) is 0.564. The monoisotopic (exact) mass is 272 g/mol. The lowest BCUT2D eigenvalue weighted by Crippen LogP contribution is -2.46. The second-order valence-electron chi connectivity index (χ2n) is 5.65. The molecule has 0 saturated heterocycles. The van der Waals surface area contributed by atoms with Crippen LogP contribution >= 0.6 is 11.6 Å². The Morgan fingerprint density at radius 3 is 2.89 bits per heavy atom. The molecule has 96 valence electrons. The molecule has 0 N–H and O–H groups in total. The minimum absolute atomic E-state index is 0.0797. The largest absolute Gasteiger partial charge is 0.242 e. The van der Waals surface area contributed by atoms with Crippen molar-refractivity contribution >= 4 is 17.3 Å². The summed E-state index contributed by atoms with van der Waals surface area (Å²) < 4.78 is 0. The number of para-hydroxylation sites is 1. The molecule has 0 amide bonds. The van der Waals surface area contributed by atoms with E-state index in [0.717, 1.165) is 18.5 Å². The maximum Gasteiger partial charge on any atom is 0.136 e. The Balaban J connectivity index is 1.68. The normalized spacial score (nSPS) is 42.4. The van der Waals surface area contributed by atoms with E-state index in [1.54, 1.807) is 0 Å². The number of nitriles is 1. The van der Waals surface area contributed by atoms with Crippen molar-refractivity contribution in [2.45, 2.75) is 29.8 Å². The highest BCUT2D eigenvalue weighted by Gasteiger charge is 2.64. The van der Waals surface area contributed by atoms with Crippen LogP contribution in [0.5, 0.6) is 0 Å². The quantitative estimate of drug-likeness (QED) is 0.738. The van der Waals surface area contributed by atoms with Gasteiger partial charge in [-0.1, -0.05) is 23.4 Å². The zero-order valence-corrected chi connectivity index (χ0v) is 11.0. The molecule has 1 aromatic carbocycles. The van der Waals surface area contributed by atoms with Crippen molar-refractivity contribution in [3.63, 3.8) is 0 Å². The fraction of sp³-hybridized carbons (Fsp3) is 0.500. The third kappa shape index (κ3) is 1.39. The zero-order valence-electron chi connectivity index (χ0n) is 10.3. The van der Waals surface area contributed by atoms with Gasteiger partial charge in [0.05, 0.1) is 17.8 Å². The van der Waals surface area contributed by atoms with E-state index in [1.165, 1.54) is 0 Å². The number of nitrogens with zero attached hydrogens (tertiary/aromatic N) is 4. The van der Waals surface area contributed by atoms with Crippen molar-refractivity contribution in [3.05, 3.63) is 30.3 Å². The molecule has 1 aromatic rings. The maximum atomic E-state index is 9.28. The van der Waals surface area contributed by atoms with Crippen LogP contribution in [-0.4, -0.2) is 17.0 Å². The molecular formula is C14H13ClN4. The molecule has 0 unspecified atom stereocenters. The molecular weight excluding hydrogens is 260 g/mol. The third-order valence-corrected chi connectivity index (χ3v) is 5.24. The van der Waals surface area contributed by atoms with Crippen molar-refractivity contribution in [1.82, 2.24) is 0 Å². The van der Waals surface area contributed by atoms with E-state index in [4.69, 9.17) is 11.6 Å². The van der Waals surface area contributed by atoms with Crippen molar-refractivity contribution < 1.29 is 0 Å². The molecule has 4 rings (SSSR count). The summed E-state index contributed by atoms with van der Waals surface area (Å²) in [6, 6.07) is 12.8. The number of rotatable bonds is 1. The first-order valence-electron chi connectivity index (χ1n) is 6.58. The van der Waals surface area contributed by atoms with Crippen LogP contribution in [0.3, 0.4) is 0 Å². The first kappa shape index (κ1) is 11.2. The zero-order chi connectivity index (χ0) is 13.0. The number of halogens is 1. The number of benzene rings is 1. The predicted molar refractivity (Wildman–Crippen MR) is 71.8 cm³/mol. The van der Waals surface area contributed by atoms with Crippen molar-refractivity contribution in [2.24, 2.45) is 22.2 Å². The molecule has 2 fully saturated rings. The fourth-order valence-corrected chi connectivity index (χ4v) is 4.33. The van der Waals surface area contributed by atoms with Crippen LogP contribution < -0.4 is 5.01 Å². The summed E-state index contributed by atoms with van der Waals surface area (Å²) in [5, 5.41) is 20.0. The number of hydrogen-bond donors (Lipinski definition) is 0. The SMILES string of the molecule is N#C[C@]1(Cl)C[C@H]2C[C@H]1[C@@H]1N=NN(c3ccccc3)[C@@H]21. The van der Waals surface area contributed by atoms with E-state index in [9.17, 15) is 5.26 Å². The minimum Gasteiger partial charge on any atom is -0.242 e. The molecule has 1 heterocycles. The molecule has 19 heavy (non-hydrogen) atoms. The highest BCUT2D eigenvalue weighted by Crippen LogP contribution is 2.58. The Morgan fingerprint density at radius 2 is 2.16 bits per heavy atom. The Kier molecular flexibility index (Phi) is 2.19. The molecule has 0 aromatic heterocycles. The van der Waals surface area contributed by atoms with Gasteiger partial charge in [-0.3, -0.25) is 0 Å². The second kappa shape index (κ2) is 3.71. The van der Waals surface area contributed by atoms with Crippen LogP contribution in [0.2, 0.25) is 0 Å². The van der Waals surface area contributed by atoms with E-state index in [-0.39, 0.29) is 18.0 Å². The van der Waals surface area contributed by atoms with Gasteiger partial charge in [0.2, 0.25) is 0 Å². The summed E-state index contributed by atoms with van der Waals surface area (Å²) in [6.45, 7) is 0. The summed E-state index contributed by atoms with van der Waals surface area (Å²) in [5.41, 5.74) is 1.07. The highest BCUT2D eigenvalue weighted by atomic mass is 35.5. The van der Waals surface area contributed by atoms with Gasteiger partial charge in [-0.05, 0) is 30.9 Å². The fourth-order valence-electron chi connectivity index (χ4n) is 3.92. The van der Waals surface area contributed by atoms with Crippen LogP contribution in [-0.2, 0) is 0 Å². The van der Waals surface area contributed by atoms with E-state index < -0.39 is 4.87 Å². The lowest BCUT2D eigenvalue weighted by Gasteiger charge is -2.34. The average Bonchev–Trinajstić information content (AvgIpc) is 3.09. The minimum atomic E-state index is -0.725. The standard InChI is InChI=1S/C14H13ClN4/c15-14(8-16)7-9-6-11(14)12-13(9)19(18-17-12)10-4-2-1-3-5-10/h1-5,9,11-13H,6-7H2/t9-,11+,12+,13+,14-/m1/s1. The third-order valence-electron chi connectivity index (χ3n) is 4.72. The van der Waals surface area contributed by atoms with E-state index in [2.05, 4.69) is 16.4 Å². The Hall–Kier alpha value is -1.60. The average molecular weight is 273 g/mol. The lowest BCUT2D eigenvalue weighted by molar-refractivity contribution is 0.349. The molecule has 0 spiro atoms. The molecule has 2 aliphatic carbocycles. The molecule has 5 heteroatoms. The molecule has 1 aliphatic heterocycles. The molecule has 4 nitrogen and oxygen atoms in total. The predicted octanol–water partition coefficient (Wildman–Crippen LogP) is 3.15. The van der Waals surface area contributed by atoms with Crippen molar-refractivity contribution in [1.29, 1.82) is 5.26 Å². The van der Waals surface area contributed by atoms with Crippen LogP contribution in [0, 0.1) is 23.2 Å². The van der Waals surface area contributed by atoms with Crippen LogP contribution in [0.4, 0.5) is 5.69 Å². The Morgan fingerprint density at radius 1 is 1.37 bits per heavy atom. The van der Waals surface area contributed by atoms with Gasteiger partial charge in [-0.25, -0.2) is 5.01 Å². The van der Waals surface area contributed by atoms with Crippen molar-refractivity contribution in [3.8, 4) is 6.07 Å². The number of hydrogen-bond acceptors (Lipinski definition) is 4.